The zero-order chi connectivity index (χ0) is 25.2. The van der Waals surface area contributed by atoms with Gasteiger partial charge in [0, 0.05) is 70.1 Å². The Hall–Kier alpha value is -3.49. The number of nitrogens with one attached hydrogen (secondary N) is 1. The predicted molar refractivity (Wildman–Crippen MR) is 146 cm³/mol. The van der Waals surface area contributed by atoms with Crippen molar-refractivity contribution in [2.45, 2.75) is 0 Å². The van der Waals surface area contributed by atoms with E-state index < -0.39 is 0 Å². The van der Waals surface area contributed by atoms with Crippen LogP contribution in [0.2, 0.25) is 10.0 Å². The molecule has 4 aromatic rings. The Balaban J connectivity index is 1.30. The second kappa shape index (κ2) is 10.2. The number of carbonyl (C=O) groups excluding carboxylic acids is 1. The van der Waals surface area contributed by atoms with Gasteiger partial charge < -0.3 is 20.0 Å². The number of aromatic nitrogens is 3. The molecule has 0 radical (unpaired) electrons. The fourth-order valence-electron chi connectivity index (χ4n) is 4.44. The molecule has 1 aliphatic heterocycles. The van der Waals surface area contributed by atoms with E-state index in [2.05, 4.69) is 44.4 Å². The third kappa shape index (κ3) is 4.79. The first-order valence-corrected chi connectivity index (χ1v) is 12.5. The Morgan fingerprint density at radius 1 is 1.00 bits per heavy atom. The monoisotopic (exact) mass is 523 g/mol. The van der Waals surface area contributed by atoms with Crippen LogP contribution in [-0.4, -0.2) is 72.0 Å². The Kier molecular flexibility index (Phi) is 6.89. The van der Waals surface area contributed by atoms with E-state index in [1.165, 1.54) is 0 Å². The van der Waals surface area contributed by atoms with E-state index >= 15 is 0 Å². The van der Waals surface area contributed by atoms with Crippen LogP contribution in [0.15, 0.2) is 61.1 Å². The maximum absolute atomic E-state index is 13.1. The van der Waals surface area contributed by atoms with E-state index in [0.29, 0.717) is 36.2 Å². The highest BCUT2D eigenvalue weighted by molar-refractivity contribution is 6.38. The Labute approximate surface area is 220 Å². The fraction of sp³-hybridized carbons (Fsp3) is 0.269. The van der Waals surface area contributed by atoms with Crippen molar-refractivity contribution >= 4 is 51.9 Å². The highest BCUT2D eigenvalue weighted by atomic mass is 35.5. The Morgan fingerprint density at radius 3 is 2.36 bits per heavy atom. The number of pyridine rings is 2. The number of halogens is 2. The lowest BCUT2D eigenvalue weighted by Gasteiger charge is -2.36. The van der Waals surface area contributed by atoms with Gasteiger partial charge in [0.2, 0.25) is 5.91 Å². The van der Waals surface area contributed by atoms with Gasteiger partial charge >= 0.3 is 0 Å². The third-order valence-corrected chi connectivity index (χ3v) is 6.92. The van der Waals surface area contributed by atoms with E-state index in [-0.39, 0.29) is 12.5 Å². The number of rotatable bonds is 6. The molecule has 10 heteroatoms. The molecule has 186 valence electrons. The van der Waals surface area contributed by atoms with Crippen LogP contribution in [0.3, 0.4) is 0 Å². The third-order valence-electron chi connectivity index (χ3n) is 6.37. The van der Waals surface area contributed by atoms with Crippen LogP contribution in [0, 0.1) is 0 Å². The number of anilines is 3. The minimum absolute atomic E-state index is 0.0290. The quantitative estimate of drug-likeness (QED) is 0.400. The number of carbonyl (C=O) groups is 1. The lowest BCUT2D eigenvalue weighted by atomic mass is 10.1. The van der Waals surface area contributed by atoms with E-state index in [9.17, 15) is 4.79 Å². The van der Waals surface area contributed by atoms with E-state index in [4.69, 9.17) is 28.2 Å². The van der Waals surface area contributed by atoms with Crippen LogP contribution in [0.1, 0.15) is 0 Å². The summed E-state index contributed by atoms with van der Waals surface area (Å²) in [5.74, 6) is 0.826. The van der Waals surface area contributed by atoms with Crippen LogP contribution in [0.4, 0.5) is 17.2 Å². The molecule has 0 saturated carbocycles. The van der Waals surface area contributed by atoms with Crippen molar-refractivity contribution in [2.75, 3.05) is 61.9 Å². The van der Waals surface area contributed by atoms with Crippen molar-refractivity contribution in [3.05, 3.63) is 71.1 Å². The molecular formula is C26H27Cl2N7O. The molecule has 0 atom stereocenters. The van der Waals surface area contributed by atoms with Crippen molar-refractivity contribution in [2.24, 2.45) is 0 Å². The van der Waals surface area contributed by atoms with Gasteiger partial charge in [-0.05, 0) is 24.3 Å². The summed E-state index contributed by atoms with van der Waals surface area (Å²) < 4.78 is 1.98. The van der Waals surface area contributed by atoms with Crippen LogP contribution in [-0.2, 0) is 4.79 Å². The van der Waals surface area contributed by atoms with Crippen LogP contribution in [0.5, 0.6) is 0 Å². The average Bonchev–Trinajstić information content (AvgIpc) is 3.26. The standard InChI is InChI=1S/C26H27Cl2N7O/c1-32(2)19-8-6-18(7-9-19)24-26(35-10-4-3-5-22(35)31-24)30-17-23(36)33-11-13-34(14-12-33)25-20(27)15-29-16-21(25)28/h3-10,15-16,30H,11-14,17H2,1-2H3. The molecule has 0 spiro atoms. The summed E-state index contributed by atoms with van der Waals surface area (Å²) in [6, 6.07) is 14.1. The van der Waals surface area contributed by atoms with Crippen LogP contribution in [0.25, 0.3) is 16.9 Å². The number of hydrogen-bond donors (Lipinski definition) is 1. The van der Waals surface area contributed by atoms with Gasteiger partial charge in [0.25, 0.3) is 0 Å². The first kappa shape index (κ1) is 24.2. The number of imidazole rings is 1. The van der Waals surface area contributed by atoms with E-state index in [0.717, 1.165) is 34.1 Å². The molecule has 1 aromatic carbocycles. The second-order valence-corrected chi connectivity index (χ2v) is 9.67. The van der Waals surface area contributed by atoms with Gasteiger partial charge in [0.05, 0.1) is 22.3 Å². The fourth-order valence-corrected chi connectivity index (χ4v) is 5.04. The normalized spacial score (nSPS) is 13.8. The summed E-state index contributed by atoms with van der Waals surface area (Å²) in [4.78, 5) is 28.0. The molecule has 0 unspecified atom stereocenters. The number of amides is 1. The van der Waals surface area contributed by atoms with Crippen molar-refractivity contribution in [1.29, 1.82) is 0 Å². The molecule has 1 amide bonds. The molecule has 1 fully saturated rings. The topological polar surface area (TPSA) is 69.0 Å². The number of hydrogen-bond acceptors (Lipinski definition) is 6. The summed E-state index contributed by atoms with van der Waals surface area (Å²) in [5.41, 5.74) is 4.50. The van der Waals surface area contributed by atoms with Gasteiger partial charge in [0.15, 0.2) is 0 Å². The van der Waals surface area contributed by atoms with Gasteiger partial charge in [-0.15, -0.1) is 0 Å². The molecule has 4 heterocycles. The lowest BCUT2D eigenvalue weighted by molar-refractivity contribution is -0.129. The number of benzene rings is 1. The molecule has 1 N–H and O–H groups in total. The van der Waals surface area contributed by atoms with E-state index in [1.807, 2.05) is 47.8 Å². The van der Waals surface area contributed by atoms with Crippen LogP contribution < -0.4 is 15.1 Å². The molecule has 3 aromatic heterocycles. The highest BCUT2D eigenvalue weighted by Crippen LogP contribution is 2.33. The van der Waals surface area contributed by atoms with Gasteiger partial charge in [-0.1, -0.05) is 41.4 Å². The maximum Gasteiger partial charge on any atom is 0.242 e. The van der Waals surface area contributed by atoms with Gasteiger partial charge in [0.1, 0.15) is 17.2 Å². The Morgan fingerprint density at radius 2 is 1.69 bits per heavy atom. The average molecular weight is 524 g/mol. The SMILES string of the molecule is CN(C)c1ccc(-c2nc3ccccn3c2NCC(=O)N2CCN(c3c(Cl)cncc3Cl)CC2)cc1. The summed E-state index contributed by atoms with van der Waals surface area (Å²) in [5, 5.41) is 4.40. The van der Waals surface area contributed by atoms with Crippen molar-refractivity contribution in [3.8, 4) is 11.3 Å². The molecule has 0 bridgehead atoms. The largest absolute Gasteiger partial charge is 0.378 e. The number of piperazine rings is 1. The van der Waals surface area contributed by atoms with Crippen molar-refractivity contribution in [1.82, 2.24) is 19.3 Å². The smallest absolute Gasteiger partial charge is 0.242 e. The maximum atomic E-state index is 13.1. The van der Waals surface area contributed by atoms with Crippen molar-refractivity contribution < 1.29 is 4.79 Å². The van der Waals surface area contributed by atoms with E-state index in [1.54, 1.807) is 12.4 Å². The highest BCUT2D eigenvalue weighted by Gasteiger charge is 2.24. The zero-order valence-electron chi connectivity index (χ0n) is 20.2. The summed E-state index contributed by atoms with van der Waals surface area (Å²) >= 11 is 12.6. The van der Waals surface area contributed by atoms with Gasteiger partial charge in [-0.3, -0.25) is 14.2 Å². The first-order chi connectivity index (χ1) is 17.4. The van der Waals surface area contributed by atoms with Crippen LogP contribution >= 0.6 is 23.2 Å². The predicted octanol–water partition coefficient (Wildman–Crippen LogP) is 4.53. The number of fused-ring (bicyclic) bond motifs is 1. The molecule has 5 rings (SSSR count). The molecule has 36 heavy (non-hydrogen) atoms. The number of nitrogens with zero attached hydrogens (tertiary/aromatic N) is 6. The summed E-state index contributed by atoms with van der Waals surface area (Å²) in [6.45, 7) is 2.63. The van der Waals surface area contributed by atoms with Gasteiger partial charge in [-0.25, -0.2) is 4.98 Å². The minimum Gasteiger partial charge on any atom is -0.378 e. The molecule has 8 nitrogen and oxygen atoms in total. The lowest BCUT2D eigenvalue weighted by Crippen LogP contribution is -2.50. The Bertz CT molecular complexity index is 1360. The molecule has 1 saturated heterocycles. The molecule has 1 aliphatic rings. The first-order valence-electron chi connectivity index (χ1n) is 11.7. The molecular weight excluding hydrogens is 497 g/mol. The summed E-state index contributed by atoms with van der Waals surface area (Å²) in [6.07, 6.45) is 5.13. The molecule has 0 aliphatic carbocycles. The van der Waals surface area contributed by atoms with Crippen molar-refractivity contribution in [3.63, 3.8) is 0 Å². The second-order valence-electron chi connectivity index (χ2n) is 8.85. The minimum atomic E-state index is 0.0290. The zero-order valence-corrected chi connectivity index (χ0v) is 21.7. The van der Waals surface area contributed by atoms with Gasteiger partial charge in [-0.2, -0.15) is 0 Å². The summed E-state index contributed by atoms with van der Waals surface area (Å²) in [7, 11) is 4.02.